The minimum absolute atomic E-state index is 0.0473. The molecule has 10 heteroatoms. The minimum Gasteiger partial charge on any atom is -0.365 e. The lowest BCUT2D eigenvalue weighted by molar-refractivity contribution is 0.0409. The van der Waals surface area contributed by atoms with Crippen LogP contribution in [-0.2, 0) is 14.8 Å². The molecule has 0 bridgehead atoms. The number of aromatic nitrogens is 2. The van der Waals surface area contributed by atoms with Crippen LogP contribution in [0.2, 0.25) is 0 Å². The topological polar surface area (TPSA) is 78.9 Å². The molecule has 3 heterocycles. The van der Waals surface area contributed by atoms with Gasteiger partial charge in [-0.05, 0) is 32.0 Å². The maximum atomic E-state index is 13.1. The highest BCUT2D eigenvalue weighted by Gasteiger charge is 2.31. The number of likely N-dealkylation sites (N-methyl/N-ethyl adjacent to an activating group) is 1. The normalized spacial score (nSPS) is 20.3. The van der Waals surface area contributed by atoms with Gasteiger partial charge in [-0.3, -0.25) is 4.90 Å². The average Bonchev–Trinajstić information content (AvgIpc) is 3.24. The van der Waals surface area contributed by atoms with Gasteiger partial charge >= 0.3 is 0 Å². The van der Waals surface area contributed by atoms with E-state index < -0.39 is 10.0 Å². The Hall–Kier alpha value is -1.61. The van der Waals surface area contributed by atoms with Crippen molar-refractivity contribution in [3.63, 3.8) is 0 Å². The van der Waals surface area contributed by atoms with Crippen LogP contribution in [0.5, 0.6) is 0 Å². The molecule has 30 heavy (non-hydrogen) atoms. The van der Waals surface area contributed by atoms with Crippen molar-refractivity contribution in [2.24, 2.45) is 0 Å². The predicted octanol–water partition coefficient (Wildman–Crippen LogP) is 1.11. The van der Waals surface area contributed by atoms with Gasteiger partial charge in [0, 0.05) is 39.3 Å². The third kappa shape index (κ3) is 4.99. The van der Waals surface area contributed by atoms with Gasteiger partial charge in [0.25, 0.3) is 0 Å². The summed E-state index contributed by atoms with van der Waals surface area (Å²) in [5, 5.41) is 0. The molecular formula is C20H27N5O3S2. The van der Waals surface area contributed by atoms with E-state index in [0.29, 0.717) is 43.6 Å². The maximum absolute atomic E-state index is 13.1. The first-order chi connectivity index (χ1) is 14.5. The van der Waals surface area contributed by atoms with Crippen LogP contribution >= 0.6 is 11.7 Å². The van der Waals surface area contributed by atoms with Crippen molar-refractivity contribution >= 4 is 32.8 Å². The van der Waals surface area contributed by atoms with E-state index in [1.807, 2.05) is 0 Å². The van der Waals surface area contributed by atoms with E-state index in [9.17, 15) is 8.42 Å². The van der Waals surface area contributed by atoms with Crippen LogP contribution in [0.1, 0.15) is 12.8 Å². The molecule has 2 aliphatic heterocycles. The Kier molecular flexibility index (Phi) is 6.98. The number of ether oxygens (including phenoxy) is 1. The summed E-state index contributed by atoms with van der Waals surface area (Å²) < 4.78 is 41.8. The van der Waals surface area contributed by atoms with E-state index in [4.69, 9.17) is 4.74 Å². The predicted molar refractivity (Wildman–Crippen MR) is 117 cm³/mol. The van der Waals surface area contributed by atoms with E-state index in [-0.39, 0.29) is 11.0 Å². The number of piperidine rings is 1. The minimum atomic E-state index is -3.58. The summed E-state index contributed by atoms with van der Waals surface area (Å²) >= 11 is 1.03. The number of hydrogen-bond donors (Lipinski definition) is 0. The van der Waals surface area contributed by atoms with E-state index in [2.05, 4.69) is 37.4 Å². The average molecular weight is 450 g/mol. The van der Waals surface area contributed by atoms with Gasteiger partial charge in [0.05, 0.1) is 24.4 Å². The summed E-state index contributed by atoms with van der Waals surface area (Å²) in [7, 11) is -1.44. The summed E-state index contributed by atoms with van der Waals surface area (Å²) in [4.78, 5) is 4.92. The van der Waals surface area contributed by atoms with Crippen molar-refractivity contribution in [2.75, 3.05) is 59.5 Å². The van der Waals surface area contributed by atoms with Crippen LogP contribution in [0, 0.1) is 11.8 Å². The van der Waals surface area contributed by atoms with Crippen LogP contribution in [-0.4, -0.2) is 96.8 Å². The molecule has 2 aliphatic rings. The SMILES string of the molecule is CN1CCN(CC#CCOC2CCN(S(=O)(=O)c3cccc4nsnc34)CC2)CC1. The van der Waals surface area contributed by atoms with Crippen LogP contribution in [0.15, 0.2) is 23.1 Å². The van der Waals surface area contributed by atoms with Crippen molar-refractivity contribution in [3.8, 4) is 11.8 Å². The smallest absolute Gasteiger partial charge is 0.245 e. The Bertz CT molecular complexity index is 1010. The molecule has 0 atom stereocenters. The zero-order valence-corrected chi connectivity index (χ0v) is 18.8. The van der Waals surface area contributed by atoms with Crippen molar-refractivity contribution in [2.45, 2.75) is 23.8 Å². The molecule has 0 unspecified atom stereocenters. The largest absolute Gasteiger partial charge is 0.365 e. The van der Waals surface area contributed by atoms with Gasteiger partial charge in [0.1, 0.15) is 22.5 Å². The Morgan fingerprint density at radius 1 is 1.10 bits per heavy atom. The molecule has 8 nitrogen and oxygen atoms in total. The maximum Gasteiger partial charge on any atom is 0.245 e. The highest BCUT2D eigenvalue weighted by Crippen LogP contribution is 2.27. The first-order valence-corrected chi connectivity index (χ1v) is 12.4. The Morgan fingerprint density at radius 2 is 1.87 bits per heavy atom. The van der Waals surface area contributed by atoms with Gasteiger partial charge in [-0.15, -0.1) is 0 Å². The molecule has 0 saturated carbocycles. The summed E-state index contributed by atoms with van der Waals surface area (Å²) in [6.45, 7) is 6.36. The fourth-order valence-corrected chi connectivity index (χ4v) is 5.97. The first kappa shape index (κ1) is 21.6. The second-order valence-electron chi connectivity index (χ2n) is 7.74. The molecule has 0 radical (unpaired) electrons. The van der Waals surface area contributed by atoms with E-state index >= 15 is 0 Å². The second-order valence-corrected chi connectivity index (χ2v) is 10.2. The highest BCUT2D eigenvalue weighted by molar-refractivity contribution is 7.89. The third-order valence-electron chi connectivity index (χ3n) is 5.68. The number of fused-ring (bicyclic) bond motifs is 1. The fourth-order valence-electron chi connectivity index (χ4n) is 3.75. The van der Waals surface area contributed by atoms with E-state index in [1.54, 1.807) is 18.2 Å². The molecule has 0 spiro atoms. The number of rotatable bonds is 5. The summed E-state index contributed by atoms with van der Waals surface area (Å²) in [6.07, 6.45) is 1.39. The molecule has 0 N–H and O–H groups in total. The van der Waals surface area contributed by atoms with Gasteiger partial charge in [-0.2, -0.15) is 13.1 Å². The zero-order valence-electron chi connectivity index (χ0n) is 17.2. The zero-order chi connectivity index (χ0) is 21.0. The summed E-state index contributed by atoms with van der Waals surface area (Å²) in [5.74, 6) is 6.30. The monoisotopic (exact) mass is 449 g/mol. The molecule has 162 valence electrons. The lowest BCUT2D eigenvalue weighted by Crippen LogP contribution is -2.44. The number of piperazine rings is 1. The van der Waals surface area contributed by atoms with Gasteiger partial charge in [0.2, 0.25) is 10.0 Å². The van der Waals surface area contributed by atoms with Crippen molar-refractivity contribution in [1.29, 1.82) is 0 Å². The quantitative estimate of drug-likeness (QED) is 0.633. The molecule has 2 saturated heterocycles. The summed E-state index contributed by atoms with van der Waals surface area (Å²) in [5.41, 5.74) is 1.07. The number of sulfonamides is 1. The molecule has 4 rings (SSSR count). The first-order valence-electron chi connectivity index (χ1n) is 10.2. The van der Waals surface area contributed by atoms with E-state index in [1.165, 1.54) is 4.31 Å². The second kappa shape index (κ2) is 9.68. The third-order valence-corrected chi connectivity index (χ3v) is 8.16. The van der Waals surface area contributed by atoms with Crippen LogP contribution in [0.3, 0.4) is 0 Å². The van der Waals surface area contributed by atoms with Gasteiger partial charge < -0.3 is 9.64 Å². The Morgan fingerprint density at radius 3 is 2.63 bits per heavy atom. The van der Waals surface area contributed by atoms with Gasteiger partial charge in [0.15, 0.2) is 0 Å². The molecule has 0 aliphatic carbocycles. The van der Waals surface area contributed by atoms with Crippen LogP contribution in [0.25, 0.3) is 11.0 Å². The van der Waals surface area contributed by atoms with Crippen molar-refractivity contribution in [1.82, 2.24) is 22.9 Å². The lowest BCUT2D eigenvalue weighted by Gasteiger charge is -2.31. The molecule has 0 amide bonds. The Balaban J connectivity index is 1.24. The number of benzene rings is 1. The number of nitrogens with zero attached hydrogens (tertiary/aromatic N) is 5. The molecule has 1 aromatic heterocycles. The van der Waals surface area contributed by atoms with Crippen molar-refractivity contribution in [3.05, 3.63) is 18.2 Å². The van der Waals surface area contributed by atoms with Crippen molar-refractivity contribution < 1.29 is 13.2 Å². The van der Waals surface area contributed by atoms with Gasteiger partial charge in [-0.25, -0.2) is 8.42 Å². The molecule has 1 aromatic carbocycles. The van der Waals surface area contributed by atoms with Crippen LogP contribution < -0.4 is 0 Å². The van der Waals surface area contributed by atoms with Crippen LogP contribution in [0.4, 0.5) is 0 Å². The van der Waals surface area contributed by atoms with E-state index in [0.717, 1.165) is 44.5 Å². The highest BCUT2D eigenvalue weighted by atomic mass is 32.2. The lowest BCUT2D eigenvalue weighted by atomic mass is 10.1. The Labute approximate surface area is 182 Å². The molecule has 2 fully saturated rings. The molecular weight excluding hydrogens is 422 g/mol. The molecule has 2 aromatic rings. The summed E-state index contributed by atoms with van der Waals surface area (Å²) in [6, 6.07) is 5.10. The fraction of sp³-hybridized carbons (Fsp3) is 0.600. The standard InChI is InChI=1S/C20H27N5O3S2/c1-23-12-14-24(15-13-23)9-2-3-16-28-17-7-10-25(11-8-17)30(26,27)19-6-4-5-18-20(19)22-29-21-18/h4-6,17H,7-16H2,1H3. The number of hydrogen-bond acceptors (Lipinski definition) is 8. The van der Waals surface area contributed by atoms with Gasteiger partial charge in [-0.1, -0.05) is 17.9 Å².